The normalized spacial score (nSPS) is 18.0. The smallest absolute Gasteiger partial charge is 0.101 e. The molecule has 1 unspecified atom stereocenters. The summed E-state index contributed by atoms with van der Waals surface area (Å²) < 4.78 is 0. The number of alkyl halides is 1. The third-order valence-corrected chi connectivity index (χ3v) is 1.77. The average Bonchev–Trinajstić information content (AvgIpc) is 1.67. The standard InChI is InChI=1S/C6H12BrO/c1-3-6(2,8)4-5-7/h3-5H2,1-2H3. The molecule has 0 aromatic carbocycles. The van der Waals surface area contributed by atoms with Gasteiger partial charge in [-0.05, 0) is 19.8 Å². The molecule has 49 valence electrons. The third kappa shape index (κ3) is 3.44. The Morgan fingerprint density at radius 2 is 2.12 bits per heavy atom. The lowest BCUT2D eigenvalue weighted by Crippen LogP contribution is -2.20. The molecule has 0 aliphatic carbocycles. The van der Waals surface area contributed by atoms with Gasteiger partial charge < -0.3 is 0 Å². The van der Waals surface area contributed by atoms with Crippen LogP contribution in [0.4, 0.5) is 0 Å². The summed E-state index contributed by atoms with van der Waals surface area (Å²) in [6, 6.07) is 0. The van der Waals surface area contributed by atoms with Crippen LogP contribution in [-0.4, -0.2) is 10.9 Å². The molecule has 0 fully saturated rings. The largest absolute Gasteiger partial charge is 0.230 e. The minimum Gasteiger partial charge on any atom is -0.230 e. The van der Waals surface area contributed by atoms with Crippen LogP contribution in [-0.2, 0) is 5.11 Å². The summed E-state index contributed by atoms with van der Waals surface area (Å²) in [5.41, 5.74) is -0.705. The second kappa shape index (κ2) is 3.46. The number of halogens is 1. The Morgan fingerprint density at radius 1 is 1.62 bits per heavy atom. The lowest BCUT2D eigenvalue weighted by atomic mass is 10.0. The molecular weight excluding hydrogens is 168 g/mol. The molecule has 0 aliphatic rings. The van der Waals surface area contributed by atoms with Gasteiger partial charge in [-0.15, -0.1) is 0 Å². The van der Waals surface area contributed by atoms with Crippen molar-refractivity contribution in [2.75, 3.05) is 5.33 Å². The number of hydrogen-bond donors (Lipinski definition) is 0. The van der Waals surface area contributed by atoms with E-state index in [0.717, 1.165) is 18.2 Å². The first-order valence-corrected chi connectivity index (χ1v) is 4.01. The van der Waals surface area contributed by atoms with Gasteiger partial charge >= 0.3 is 0 Å². The fraction of sp³-hybridized carbons (Fsp3) is 1.00. The second-order valence-electron chi connectivity index (χ2n) is 2.24. The van der Waals surface area contributed by atoms with Gasteiger partial charge in [-0.25, -0.2) is 5.11 Å². The van der Waals surface area contributed by atoms with Crippen molar-refractivity contribution < 1.29 is 5.11 Å². The van der Waals surface area contributed by atoms with Crippen LogP contribution >= 0.6 is 15.9 Å². The molecule has 1 radical (unpaired) electrons. The van der Waals surface area contributed by atoms with Crippen molar-refractivity contribution in [3.8, 4) is 0 Å². The zero-order valence-electron chi connectivity index (χ0n) is 5.41. The molecule has 0 aliphatic heterocycles. The van der Waals surface area contributed by atoms with Gasteiger partial charge in [0.1, 0.15) is 5.60 Å². The van der Waals surface area contributed by atoms with Gasteiger partial charge in [0.15, 0.2) is 0 Å². The molecule has 2 heteroatoms. The van der Waals surface area contributed by atoms with Crippen molar-refractivity contribution in [3.63, 3.8) is 0 Å². The SMILES string of the molecule is CCC(C)([O])CCBr. The quantitative estimate of drug-likeness (QED) is 0.594. The Labute approximate surface area is 59.2 Å². The van der Waals surface area contributed by atoms with E-state index in [1.807, 2.05) is 6.92 Å². The van der Waals surface area contributed by atoms with Crippen LogP contribution in [0.2, 0.25) is 0 Å². The summed E-state index contributed by atoms with van der Waals surface area (Å²) in [5.74, 6) is 0. The minimum atomic E-state index is -0.705. The first-order chi connectivity index (χ1) is 3.62. The van der Waals surface area contributed by atoms with Gasteiger partial charge in [0.25, 0.3) is 0 Å². The lowest BCUT2D eigenvalue weighted by molar-refractivity contribution is -0.0180. The van der Waals surface area contributed by atoms with E-state index in [-0.39, 0.29) is 0 Å². The van der Waals surface area contributed by atoms with Crippen molar-refractivity contribution in [3.05, 3.63) is 0 Å². The van der Waals surface area contributed by atoms with Crippen molar-refractivity contribution in [1.82, 2.24) is 0 Å². The molecule has 0 heterocycles. The van der Waals surface area contributed by atoms with Crippen LogP contribution in [0.5, 0.6) is 0 Å². The Hall–Kier alpha value is 0.440. The van der Waals surface area contributed by atoms with Crippen LogP contribution in [0.1, 0.15) is 26.7 Å². The maximum Gasteiger partial charge on any atom is 0.101 e. The minimum absolute atomic E-state index is 0.705. The highest BCUT2D eigenvalue weighted by Crippen LogP contribution is 2.15. The van der Waals surface area contributed by atoms with E-state index < -0.39 is 5.60 Å². The van der Waals surface area contributed by atoms with Gasteiger partial charge in [-0.1, -0.05) is 22.9 Å². The molecule has 0 aromatic heterocycles. The first kappa shape index (κ1) is 8.44. The van der Waals surface area contributed by atoms with E-state index in [9.17, 15) is 5.11 Å². The Balaban J connectivity index is 3.37. The van der Waals surface area contributed by atoms with Crippen LogP contribution in [0.25, 0.3) is 0 Å². The van der Waals surface area contributed by atoms with Gasteiger partial charge in [0, 0.05) is 5.33 Å². The van der Waals surface area contributed by atoms with E-state index in [1.54, 1.807) is 6.92 Å². The second-order valence-corrected chi connectivity index (χ2v) is 3.04. The van der Waals surface area contributed by atoms with E-state index >= 15 is 0 Å². The molecule has 8 heavy (non-hydrogen) atoms. The Morgan fingerprint density at radius 3 is 2.25 bits per heavy atom. The summed E-state index contributed by atoms with van der Waals surface area (Å²) in [6.45, 7) is 3.67. The molecule has 1 nitrogen and oxygen atoms in total. The van der Waals surface area contributed by atoms with Gasteiger partial charge in [-0.2, -0.15) is 0 Å². The predicted molar refractivity (Wildman–Crippen MR) is 37.8 cm³/mol. The maximum atomic E-state index is 11.0. The van der Waals surface area contributed by atoms with Crippen molar-refractivity contribution >= 4 is 15.9 Å². The monoisotopic (exact) mass is 179 g/mol. The molecule has 0 saturated carbocycles. The molecular formula is C6H12BrO. The van der Waals surface area contributed by atoms with E-state index in [4.69, 9.17) is 0 Å². The van der Waals surface area contributed by atoms with Gasteiger partial charge in [-0.3, -0.25) is 0 Å². The zero-order valence-corrected chi connectivity index (χ0v) is 6.99. The summed E-state index contributed by atoms with van der Waals surface area (Å²) >= 11 is 3.23. The van der Waals surface area contributed by atoms with E-state index in [0.29, 0.717) is 0 Å². The van der Waals surface area contributed by atoms with Gasteiger partial charge in [0.2, 0.25) is 0 Å². The molecule has 0 spiro atoms. The number of hydrogen-bond acceptors (Lipinski definition) is 0. The summed E-state index contributed by atoms with van der Waals surface area (Å²) in [7, 11) is 0. The van der Waals surface area contributed by atoms with Crippen LogP contribution in [0.15, 0.2) is 0 Å². The molecule has 0 amide bonds. The Kier molecular flexibility index (Phi) is 3.65. The van der Waals surface area contributed by atoms with Crippen LogP contribution < -0.4 is 0 Å². The highest BCUT2D eigenvalue weighted by molar-refractivity contribution is 9.09. The zero-order chi connectivity index (χ0) is 6.62. The average molecular weight is 180 g/mol. The maximum absolute atomic E-state index is 11.0. The topological polar surface area (TPSA) is 19.9 Å². The summed E-state index contributed by atoms with van der Waals surface area (Å²) in [4.78, 5) is 0. The molecule has 1 atom stereocenters. The van der Waals surface area contributed by atoms with Crippen molar-refractivity contribution in [2.24, 2.45) is 0 Å². The summed E-state index contributed by atoms with van der Waals surface area (Å²) in [6.07, 6.45) is 1.45. The molecule has 0 N–H and O–H groups in total. The van der Waals surface area contributed by atoms with Gasteiger partial charge in [0.05, 0.1) is 0 Å². The highest BCUT2D eigenvalue weighted by Gasteiger charge is 2.17. The lowest BCUT2D eigenvalue weighted by Gasteiger charge is -2.15. The molecule has 0 bridgehead atoms. The summed E-state index contributed by atoms with van der Waals surface area (Å²) in [5, 5.41) is 11.9. The first-order valence-electron chi connectivity index (χ1n) is 2.89. The highest BCUT2D eigenvalue weighted by atomic mass is 79.9. The molecule has 0 aromatic rings. The van der Waals surface area contributed by atoms with E-state index in [2.05, 4.69) is 15.9 Å². The van der Waals surface area contributed by atoms with E-state index in [1.165, 1.54) is 0 Å². The third-order valence-electron chi connectivity index (χ3n) is 1.37. The molecule has 0 saturated heterocycles. The molecule has 0 rings (SSSR count). The van der Waals surface area contributed by atoms with Crippen LogP contribution in [0.3, 0.4) is 0 Å². The van der Waals surface area contributed by atoms with Crippen molar-refractivity contribution in [2.45, 2.75) is 32.3 Å². The Bertz CT molecular complexity index is 61.5. The fourth-order valence-electron chi connectivity index (χ4n) is 0.377. The number of rotatable bonds is 3. The van der Waals surface area contributed by atoms with Crippen molar-refractivity contribution in [1.29, 1.82) is 0 Å². The predicted octanol–water partition coefficient (Wildman–Crippen LogP) is 2.37. The fourth-order valence-corrected chi connectivity index (χ4v) is 1.22. The van der Waals surface area contributed by atoms with Crippen LogP contribution in [0, 0.1) is 0 Å².